The zero-order valence-corrected chi connectivity index (χ0v) is 12.3. The summed E-state index contributed by atoms with van der Waals surface area (Å²) in [5, 5.41) is 13.1. The fourth-order valence-corrected chi connectivity index (χ4v) is 1.79. The van der Waals surface area contributed by atoms with Crippen LogP contribution in [0.15, 0.2) is 0 Å². The normalized spacial score (nSPS) is 12.8. The van der Waals surface area contributed by atoms with Crippen molar-refractivity contribution in [2.45, 2.75) is 46.6 Å². The highest BCUT2D eigenvalue weighted by Gasteiger charge is 2.16. The average molecular weight is 272 g/mol. The summed E-state index contributed by atoms with van der Waals surface area (Å²) in [5.74, 6) is 1.79. The molecule has 1 atom stereocenters. The molecule has 2 N–H and O–H groups in total. The minimum atomic E-state index is -0.0239. The monoisotopic (exact) mass is 271 g/mol. The van der Waals surface area contributed by atoms with E-state index >= 15 is 0 Å². The molecule has 4 nitrogen and oxygen atoms in total. The fraction of sp³-hybridized carbons (Fsp3) is 0.692. The Labute approximate surface area is 114 Å². The number of hydrogen-bond acceptors (Lipinski definition) is 4. The highest BCUT2D eigenvalue weighted by atomic mass is 35.5. The number of nitrogens with zero attached hydrogens (tertiary/aromatic N) is 2. The van der Waals surface area contributed by atoms with Gasteiger partial charge in [-0.15, -0.1) is 0 Å². The summed E-state index contributed by atoms with van der Waals surface area (Å²) in [4.78, 5) is 8.73. The van der Waals surface area contributed by atoms with Gasteiger partial charge in [0.1, 0.15) is 16.8 Å². The first-order valence-electron chi connectivity index (χ1n) is 6.40. The van der Waals surface area contributed by atoms with Crippen molar-refractivity contribution in [1.82, 2.24) is 9.97 Å². The second-order valence-electron chi connectivity index (χ2n) is 4.83. The SMILES string of the molecule is CCCc1nc(Cl)c(C)c(NC(CO)C(C)C)n1. The van der Waals surface area contributed by atoms with E-state index in [1.807, 2.05) is 6.92 Å². The van der Waals surface area contributed by atoms with Crippen LogP contribution in [0.4, 0.5) is 5.82 Å². The first-order chi connectivity index (χ1) is 8.49. The molecule has 102 valence electrons. The van der Waals surface area contributed by atoms with Gasteiger partial charge in [0, 0.05) is 12.0 Å². The molecular weight excluding hydrogens is 250 g/mol. The zero-order chi connectivity index (χ0) is 13.7. The number of aryl methyl sites for hydroxylation is 1. The molecule has 0 aliphatic heterocycles. The van der Waals surface area contributed by atoms with Crippen molar-refractivity contribution in [3.63, 3.8) is 0 Å². The van der Waals surface area contributed by atoms with Gasteiger partial charge in [0.2, 0.25) is 0 Å². The summed E-state index contributed by atoms with van der Waals surface area (Å²) in [5.41, 5.74) is 0.829. The summed E-state index contributed by atoms with van der Waals surface area (Å²) in [6, 6.07) is -0.0239. The molecule has 0 spiro atoms. The third-order valence-corrected chi connectivity index (χ3v) is 3.30. The van der Waals surface area contributed by atoms with Crippen LogP contribution in [0.1, 0.15) is 38.6 Å². The zero-order valence-electron chi connectivity index (χ0n) is 11.5. The van der Waals surface area contributed by atoms with Gasteiger partial charge >= 0.3 is 0 Å². The molecule has 18 heavy (non-hydrogen) atoms. The lowest BCUT2D eigenvalue weighted by molar-refractivity contribution is 0.249. The van der Waals surface area contributed by atoms with Crippen molar-refractivity contribution in [2.75, 3.05) is 11.9 Å². The number of nitrogens with one attached hydrogen (secondary N) is 1. The van der Waals surface area contributed by atoms with E-state index in [4.69, 9.17) is 11.6 Å². The largest absolute Gasteiger partial charge is 0.394 e. The van der Waals surface area contributed by atoms with Gasteiger partial charge in [-0.05, 0) is 19.3 Å². The molecule has 0 radical (unpaired) electrons. The first-order valence-corrected chi connectivity index (χ1v) is 6.77. The predicted octanol–water partition coefficient (Wildman–Crippen LogP) is 2.82. The number of rotatable bonds is 6. The lowest BCUT2D eigenvalue weighted by atomic mass is 10.1. The van der Waals surface area contributed by atoms with Gasteiger partial charge in [-0.25, -0.2) is 9.97 Å². The van der Waals surface area contributed by atoms with E-state index in [9.17, 15) is 5.11 Å². The Balaban J connectivity index is 2.99. The minimum Gasteiger partial charge on any atom is -0.394 e. The fourth-order valence-electron chi connectivity index (χ4n) is 1.61. The van der Waals surface area contributed by atoms with Crippen LogP contribution in [0.5, 0.6) is 0 Å². The van der Waals surface area contributed by atoms with Gasteiger partial charge in [0.25, 0.3) is 0 Å². The Morgan fingerprint density at radius 3 is 2.50 bits per heavy atom. The highest BCUT2D eigenvalue weighted by Crippen LogP contribution is 2.22. The summed E-state index contributed by atoms with van der Waals surface area (Å²) >= 11 is 6.11. The van der Waals surface area contributed by atoms with E-state index in [0.29, 0.717) is 11.1 Å². The second-order valence-corrected chi connectivity index (χ2v) is 5.19. The van der Waals surface area contributed by atoms with Gasteiger partial charge in [-0.3, -0.25) is 0 Å². The molecule has 0 amide bonds. The summed E-state index contributed by atoms with van der Waals surface area (Å²) in [7, 11) is 0. The van der Waals surface area contributed by atoms with Gasteiger partial charge in [0.05, 0.1) is 12.6 Å². The van der Waals surface area contributed by atoms with Crippen molar-refractivity contribution < 1.29 is 5.11 Å². The smallest absolute Gasteiger partial charge is 0.137 e. The molecule has 1 unspecified atom stereocenters. The summed E-state index contributed by atoms with van der Waals surface area (Å²) < 4.78 is 0. The Bertz CT molecular complexity index is 396. The standard InChI is InChI=1S/C13H22ClN3O/c1-5-6-11-16-12(14)9(4)13(17-11)15-10(7-18)8(2)3/h8,10,18H,5-7H2,1-4H3,(H,15,16,17). The van der Waals surface area contributed by atoms with Crippen molar-refractivity contribution in [1.29, 1.82) is 0 Å². The van der Waals surface area contributed by atoms with Crippen LogP contribution in [0.2, 0.25) is 5.15 Å². The topological polar surface area (TPSA) is 58.0 Å². The molecule has 0 saturated heterocycles. The van der Waals surface area contributed by atoms with E-state index in [1.165, 1.54) is 0 Å². The number of halogens is 1. The van der Waals surface area contributed by atoms with E-state index in [2.05, 4.69) is 36.1 Å². The van der Waals surface area contributed by atoms with Gasteiger partial charge < -0.3 is 10.4 Å². The molecule has 0 aromatic carbocycles. The van der Waals surface area contributed by atoms with Crippen LogP contribution in [0.25, 0.3) is 0 Å². The van der Waals surface area contributed by atoms with E-state index in [-0.39, 0.29) is 12.6 Å². The molecule has 1 aromatic rings. The van der Waals surface area contributed by atoms with Gasteiger partial charge in [0.15, 0.2) is 0 Å². The minimum absolute atomic E-state index is 0.0239. The van der Waals surface area contributed by atoms with Crippen LogP contribution in [0.3, 0.4) is 0 Å². The highest BCUT2D eigenvalue weighted by molar-refractivity contribution is 6.30. The lowest BCUT2D eigenvalue weighted by Gasteiger charge is -2.22. The van der Waals surface area contributed by atoms with E-state index in [0.717, 1.165) is 30.0 Å². The lowest BCUT2D eigenvalue weighted by Crippen LogP contribution is -2.30. The molecule has 0 saturated carbocycles. The van der Waals surface area contributed by atoms with E-state index < -0.39 is 0 Å². The van der Waals surface area contributed by atoms with Gasteiger partial charge in [-0.2, -0.15) is 0 Å². The van der Waals surface area contributed by atoms with Crippen LogP contribution in [-0.2, 0) is 6.42 Å². The Morgan fingerprint density at radius 2 is 2.00 bits per heavy atom. The van der Waals surface area contributed by atoms with Gasteiger partial charge in [-0.1, -0.05) is 32.4 Å². The van der Waals surface area contributed by atoms with Crippen LogP contribution < -0.4 is 5.32 Å². The molecule has 0 aliphatic carbocycles. The molecule has 0 bridgehead atoms. The maximum atomic E-state index is 9.35. The molecular formula is C13H22ClN3O. The molecule has 1 rings (SSSR count). The molecule has 0 aliphatic rings. The van der Waals surface area contributed by atoms with Crippen LogP contribution in [0, 0.1) is 12.8 Å². The van der Waals surface area contributed by atoms with E-state index in [1.54, 1.807) is 0 Å². The average Bonchev–Trinajstić information content (AvgIpc) is 2.31. The third-order valence-electron chi connectivity index (χ3n) is 2.93. The summed E-state index contributed by atoms with van der Waals surface area (Å²) in [6.07, 6.45) is 1.78. The second kappa shape index (κ2) is 6.90. The molecule has 1 aromatic heterocycles. The quantitative estimate of drug-likeness (QED) is 0.781. The summed E-state index contributed by atoms with van der Waals surface area (Å²) in [6.45, 7) is 8.14. The maximum Gasteiger partial charge on any atom is 0.137 e. The van der Waals surface area contributed by atoms with Crippen molar-refractivity contribution >= 4 is 17.4 Å². The third kappa shape index (κ3) is 3.82. The Hall–Kier alpha value is -0.870. The molecule has 5 heteroatoms. The Kier molecular flexibility index (Phi) is 5.82. The Morgan fingerprint density at radius 1 is 1.33 bits per heavy atom. The first kappa shape index (κ1) is 15.2. The van der Waals surface area contributed by atoms with Crippen LogP contribution >= 0.6 is 11.6 Å². The number of anilines is 1. The van der Waals surface area contributed by atoms with Crippen molar-refractivity contribution in [2.24, 2.45) is 5.92 Å². The van der Waals surface area contributed by atoms with Crippen LogP contribution in [-0.4, -0.2) is 27.7 Å². The number of aromatic nitrogens is 2. The number of aliphatic hydroxyl groups excluding tert-OH is 1. The van der Waals surface area contributed by atoms with Crippen molar-refractivity contribution in [3.05, 3.63) is 16.5 Å². The number of aliphatic hydroxyl groups is 1. The maximum absolute atomic E-state index is 9.35. The molecule has 1 heterocycles. The predicted molar refractivity (Wildman–Crippen MR) is 75.1 cm³/mol. The number of hydrogen-bond donors (Lipinski definition) is 2. The van der Waals surface area contributed by atoms with Crippen molar-refractivity contribution in [3.8, 4) is 0 Å². The molecule has 0 fully saturated rings.